The van der Waals surface area contributed by atoms with Crippen molar-refractivity contribution in [1.82, 2.24) is 23.8 Å². The van der Waals surface area contributed by atoms with Crippen molar-refractivity contribution < 1.29 is 23.8 Å². The molecule has 11 nitrogen and oxygen atoms in total. The molecule has 216 valence electrons. The highest BCUT2D eigenvalue weighted by atomic mass is 32.1. The van der Waals surface area contributed by atoms with Crippen LogP contribution in [0.4, 0.5) is 4.39 Å². The molecule has 3 aromatic heterocycles. The number of aliphatic hydroxyl groups is 1. The Morgan fingerprint density at radius 2 is 2.02 bits per heavy atom. The lowest BCUT2D eigenvalue weighted by Crippen LogP contribution is -2.45. The fraction of sp³-hybridized carbons (Fsp3) is 0.429. The second kappa shape index (κ2) is 10.5. The number of ether oxygens (including phenoxy) is 2. The molecule has 0 spiro atoms. The molecule has 13 heteroatoms. The van der Waals surface area contributed by atoms with E-state index in [0.29, 0.717) is 57.9 Å². The molecule has 0 unspecified atom stereocenters. The van der Waals surface area contributed by atoms with E-state index < -0.39 is 35.3 Å². The number of likely N-dealkylation sites (N-methyl/N-ethyl adjacent to an activating group) is 1. The summed E-state index contributed by atoms with van der Waals surface area (Å²) in [6, 6.07) is 4.90. The monoisotopic (exact) mass is 583 g/mol. The number of rotatable bonds is 8. The summed E-state index contributed by atoms with van der Waals surface area (Å²) in [5, 5.41) is 15.2. The maximum Gasteiger partial charge on any atom is 0.332 e. The van der Waals surface area contributed by atoms with Crippen LogP contribution in [0.25, 0.3) is 15.2 Å². The minimum absolute atomic E-state index is 0.0860. The molecule has 2 aliphatic rings. The molecule has 0 bridgehead atoms. The van der Waals surface area contributed by atoms with E-state index in [1.165, 1.54) is 46.1 Å². The van der Waals surface area contributed by atoms with Gasteiger partial charge >= 0.3 is 5.69 Å². The molecule has 41 heavy (non-hydrogen) atoms. The van der Waals surface area contributed by atoms with Gasteiger partial charge in [0.2, 0.25) is 5.91 Å². The van der Waals surface area contributed by atoms with Crippen LogP contribution in [0.15, 0.2) is 46.2 Å². The number of likely N-dealkylation sites (tertiary alicyclic amines) is 1. The Balaban J connectivity index is 1.57. The van der Waals surface area contributed by atoms with E-state index in [0.717, 1.165) is 4.57 Å². The lowest BCUT2D eigenvalue weighted by atomic mass is 9.92. The number of aliphatic hydroxyl groups excluding tert-OH is 1. The van der Waals surface area contributed by atoms with Crippen molar-refractivity contribution in [2.75, 3.05) is 20.7 Å². The third-order valence-corrected chi connectivity index (χ3v) is 9.26. The zero-order chi connectivity index (χ0) is 29.0. The van der Waals surface area contributed by atoms with Gasteiger partial charge in [0.05, 0.1) is 31.2 Å². The molecule has 4 aromatic rings. The number of hydrogen-bond donors (Lipinski definition) is 1. The van der Waals surface area contributed by atoms with Gasteiger partial charge in [-0.2, -0.15) is 5.10 Å². The fourth-order valence-electron chi connectivity index (χ4n) is 5.66. The molecule has 1 aromatic carbocycles. The first-order valence-corrected chi connectivity index (χ1v) is 14.2. The SMILES string of the molecule is COc1ccc(F)cc1[C@H](Cn1c(=O)n([C@@H]2CCN(C)C2=O)c(=O)c2c(C)c(-n3cccn3)sc21)O[C@H]1C[C@@H](O)C1. The lowest BCUT2D eigenvalue weighted by Gasteiger charge is -2.35. The molecular formula is C28H30FN5O6S. The summed E-state index contributed by atoms with van der Waals surface area (Å²) in [7, 11) is 3.11. The van der Waals surface area contributed by atoms with Crippen LogP contribution in [0, 0.1) is 12.7 Å². The second-order valence-corrected chi connectivity index (χ2v) is 11.5. The highest BCUT2D eigenvalue weighted by Gasteiger charge is 2.36. The molecule has 0 radical (unpaired) electrons. The maximum atomic E-state index is 14.5. The summed E-state index contributed by atoms with van der Waals surface area (Å²) < 4.78 is 30.5. The first-order valence-electron chi connectivity index (χ1n) is 13.4. The van der Waals surface area contributed by atoms with Crippen LogP contribution in [-0.2, 0) is 16.1 Å². The third kappa shape index (κ3) is 4.67. The van der Waals surface area contributed by atoms with Crippen LogP contribution in [0.2, 0.25) is 0 Å². The number of aryl methyl sites for hydroxylation is 1. The van der Waals surface area contributed by atoms with E-state index in [9.17, 15) is 23.9 Å². The zero-order valence-corrected chi connectivity index (χ0v) is 23.6. The number of carbonyl (C=O) groups is 1. The predicted molar refractivity (Wildman–Crippen MR) is 149 cm³/mol. The van der Waals surface area contributed by atoms with Gasteiger partial charge in [-0.3, -0.25) is 14.2 Å². The van der Waals surface area contributed by atoms with Gasteiger partial charge in [0.15, 0.2) is 0 Å². The summed E-state index contributed by atoms with van der Waals surface area (Å²) in [5.74, 6) is -0.433. The van der Waals surface area contributed by atoms with Crippen LogP contribution >= 0.6 is 11.3 Å². The minimum Gasteiger partial charge on any atom is -0.496 e. The number of amides is 1. The predicted octanol–water partition coefficient (Wildman–Crippen LogP) is 2.55. The topological polar surface area (TPSA) is 121 Å². The van der Waals surface area contributed by atoms with E-state index in [4.69, 9.17) is 9.47 Å². The first-order chi connectivity index (χ1) is 19.7. The van der Waals surface area contributed by atoms with Crippen LogP contribution in [0.5, 0.6) is 5.75 Å². The zero-order valence-electron chi connectivity index (χ0n) is 22.8. The van der Waals surface area contributed by atoms with Gasteiger partial charge in [-0.25, -0.2) is 18.4 Å². The summed E-state index contributed by atoms with van der Waals surface area (Å²) in [5.41, 5.74) is -0.168. The number of aromatic nitrogens is 4. The van der Waals surface area contributed by atoms with Gasteiger partial charge in [0.1, 0.15) is 33.5 Å². The van der Waals surface area contributed by atoms with E-state index in [2.05, 4.69) is 5.10 Å². The molecule has 1 saturated carbocycles. The average Bonchev–Trinajstić information content (AvgIpc) is 3.66. The molecule has 4 heterocycles. The Hall–Kier alpha value is -3.81. The smallest absolute Gasteiger partial charge is 0.332 e. The Morgan fingerprint density at radius 3 is 2.66 bits per heavy atom. The highest BCUT2D eigenvalue weighted by molar-refractivity contribution is 7.21. The van der Waals surface area contributed by atoms with Crippen LogP contribution in [0.1, 0.15) is 42.5 Å². The van der Waals surface area contributed by atoms with Crippen molar-refractivity contribution >= 4 is 27.5 Å². The number of halogens is 1. The third-order valence-electron chi connectivity index (χ3n) is 7.95. The molecule has 6 rings (SSSR count). The van der Waals surface area contributed by atoms with Crippen molar-refractivity contribution in [3.8, 4) is 10.8 Å². The highest BCUT2D eigenvalue weighted by Crippen LogP contribution is 2.37. The molecule has 2 fully saturated rings. The Labute approximate surface area is 237 Å². The van der Waals surface area contributed by atoms with Gasteiger partial charge < -0.3 is 19.5 Å². The van der Waals surface area contributed by atoms with Crippen molar-refractivity contribution in [1.29, 1.82) is 0 Å². The molecule has 1 aliphatic heterocycles. The number of nitrogens with zero attached hydrogens (tertiary/aromatic N) is 5. The quantitative estimate of drug-likeness (QED) is 0.339. The number of thiophene rings is 1. The van der Waals surface area contributed by atoms with Gasteiger partial charge in [-0.1, -0.05) is 11.3 Å². The largest absolute Gasteiger partial charge is 0.496 e. The van der Waals surface area contributed by atoms with Crippen LogP contribution in [0.3, 0.4) is 0 Å². The molecule has 1 aliphatic carbocycles. The minimum atomic E-state index is -0.937. The van der Waals surface area contributed by atoms with Gasteiger partial charge in [-0.05, 0) is 50.5 Å². The Morgan fingerprint density at radius 1 is 1.24 bits per heavy atom. The Kier molecular flexibility index (Phi) is 7.04. The molecule has 1 amide bonds. The molecule has 2 atom stereocenters. The first kappa shape index (κ1) is 27.4. The van der Waals surface area contributed by atoms with E-state index in [1.54, 1.807) is 37.1 Å². The average molecular weight is 584 g/mol. The standard InChI is InChI=1S/C28H30FN5O6S/c1-15-23-25(37)34(20-7-10-31(2)24(20)36)28(38)32(27(23)41-26(15)33-9-4-8-30-33)14-22(40-18-12-17(35)13-18)19-11-16(29)5-6-21(19)39-3/h4-6,8-9,11,17-18,20,22,35H,7,10,12-14H2,1-3H3/t17-,18+,20-,22+/m1/s1. The molecule has 1 saturated heterocycles. The number of benzene rings is 1. The Bertz CT molecular complexity index is 1740. The van der Waals surface area contributed by atoms with Gasteiger partial charge in [-0.15, -0.1) is 0 Å². The maximum absolute atomic E-state index is 14.5. The van der Waals surface area contributed by atoms with Crippen molar-refractivity contribution in [3.05, 3.63) is 74.4 Å². The molecular weight excluding hydrogens is 553 g/mol. The van der Waals surface area contributed by atoms with Crippen LogP contribution in [-0.4, -0.2) is 67.7 Å². The number of methoxy groups -OCH3 is 1. The van der Waals surface area contributed by atoms with E-state index >= 15 is 0 Å². The summed E-state index contributed by atoms with van der Waals surface area (Å²) >= 11 is 1.23. The van der Waals surface area contributed by atoms with Gasteiger partial charge in [0.25, 0.3) is 5.56 Å². The number of hydrogen-bond acceptors (Lipinski definition) is 8. The van der Waals surface area contributed by atoms with Gasteiger partial charge in [0, 0.05) is 37.1 Å². The van der Waals surface area contributed by atoms with E-state index in [-0.39, 0.29) is 18.6 Å². The van der Waals surface area contributed by atoms with Crippen molar-refractivity contribution in [2.24, 2.45) is 0 Å². The normalized spacial score (nSPS) is 21.4. The summed E-state index contributed by atoms with van der Waals surface area (Å²) in [4.78, 5) is 43.1. The lowest BCUT2D eigenvalue weighted by molar-refractivity contribution is -0.129. The van der Waals surface area contributed by atoms with Crippen molar-refractivity contribution in [3.63, 3.8) is 0 Å². The second-order valence-electron chi connectivity index (χ2n) is 10.6. The number of carbonyl (C=O) groups excluding carboxylic acids is 1. The van der Waals surface area contributed by atoms with Crippen molar-refractivity contribution in [2.45, 2.75) is 57.1 Å². The van der Waals surface area contributed by atoms with E-state index in [1.807, 2.05) is 0 Å². The fourth-order valence-corrected chi connectivity index (χ4v) is 6.90. The number of fused-ring (bicyclic) bond motifs is 1. The molecule has 1 N–H and O–H groups in total. The van der Waals surface area contributed by atoms with Crippen LogP contribution < -0.4 is 16.0 Å². The summed E-state index contributed by atoms with van der Waals surface area (Å²) in [6.07, 6.45) is 2.84. The summed E-state index contributed by atoms with van der Waals surface area (Å²) in [6.45, 7) is 2.13.